The highest BCUT2D eigenvalue weighted by molar-refractivity contribution is 7.89. The molecule has 0 unspecified atom stereocenters. The van der Waals surface area contributed by atoms with Gasteiger partial charge >= 0.3 is 0 Å². The van der Waals surface area contributed by atoms with E-state index in [2.05, 4.69) is 21.7 Å². The summed E-state index contributed by atoms with van der Waals surface area (Å²) in [5, 5.41) is 0. The molecule has 27 heavy (non-hydrogen) atoms. The molecule has 0 saturated carbocycles. The van der Waals surface area contributed by atoms with Crippen LogP contribution in [0.1, 0.15) is 29.2 Å². The van der Waals surface area contributed by atoms with Crippen LogP contribution in [0.15, 0.2) is 41.6 Å². The monoisotopic (exact) mass is 389 g/mol. The second kappa shape index (κ2) is 7.96. The van der Waals surface area contributed by atoms with E-state index in [4.69, 9.17) is 4.74 Å². The first kappa shape index (κ1) is 19.8. The number of hydrogen-bond acceptors (Lipinski definition) is 5. The molecule has 3 rings (SSSR count). The van der Waals surface area contributed by atoms with Gasteiger partial charge in [0, 0.05) is 25.0 Å². The minimum Gasteiger partial charge on any atom is -0.495 e. The standard InChI is InChI=1S/C20H27N3O3S/c1-14-10-15(2)20(26-4)18(11-14)27(24,25)22-13-17-7-9-23(3)19(17)16-6-5-8-21-12-16/h5-6,8,10-12,17,19,22H,7,9,13H2,1-4H3/t17-,19-/m0/s1. The normalized spacial score (nSPS) is 20.7. The van der Waals surface area contributed by atoms with Gasteiger partial charge in [-0.1, -0.05) is 12.1 Å². The van der Waals surface area contributed by atoms with Gasteiger partial charge in [-0.2, -0.15) is 0 Å². The van der Waals surface area contributed by atoms with Crippen molar-refractivity contribution in [3.8, 4) is 5.75 Å². The minimum atomic E-state index is -3.67. The Bertz CT molecular complexity index is 900. The molecular weight excluding hydrogens is 362 g/mol. The quantitative estimate of drug-likeness (QED) is 0.822. The summed E-state index contributed by atoms with van der Waals surface area (Å²) in [5.74, 6) is 0.589. The summed E-state index contributed by atoms with van der Waals surface area (Å²) in [6, 6.07) is 7.70. The fourth-order valence-electron chi connectivity index (χ4n) is 3.99. The molecule has 1 aliphatic heterocycles. The third-order valence-corrected chi connectivity index (χ3v) is 6.64. The van der Waals surface area contributed by atoms with Crippen molar-refractivity contribution < 1.29 is 13.2 Å². The average Bonchev–Trinajstić information content (AvgIpc) is 3.01. The SMILES string of the molecule is COc1c(C)cc(C)cc1S(=O)(=O)NC[C@@H]1CCN(C)[C@H]1c1cccnc1. The van der Waals surface area contributed by atoms with Crippen molar-refractivity contribution in [2.45, 2.75) is 31.2 Å². The summed E-state index contributed by atoms with van der Waals surface area (Å²) in [7, 11) is -0.0981. The molecule has 2 atom stereocenters. The first-order chi connectivity index (χ1) is 12.8. The number of rotatable bonds is 6. The van der Waals surface area contributed by atoms with Gasteiger partial charge in [-0.25, -0.2) is 13.1 Å². The smallest absolute Gasteiger partial charge is 0.244 e. The van der Waals surface area contributed by atoms with E-state index < -0.39 is 10.0 Å². The van der Waals surface area contributed by atoms with Gasteiger partial charge in [-0.15, -0.1) is 0 Å². The van der Waals surface area contributed by atoms with E-state index in [1.165, 1.54) is 7.11 Å². The highest BCUT2D eigenvalue weighted by Gasteiger charge is 2.34. The Balaban J connectivity index is 1.82. The van der Waals surface area contributed by atoms with E-state index in [1.807, 2.05) is 38.2 Å². The molecule has 2 aromatic rings. The molecular formula is C20H27N3O3S. The number of nitrogens with zero attached hydrogens (tertiary/aromatic N) is 2. The maximum atomic E-state index is 13.0. The zero-order valence-corrected chi connectivity index (χ0v) is 17.1. The molecule has 6 nitrogen and oxygen atoms in total. The van der Waals surface area contributed by atoms with Crippen LogP contribution in [0.4, 0.5) is 0 Å². The van der Waals surface area contributed by atoms with Crippen LogP contribution in [-0.4, -0.2) is 45.5 Å². The van der Waals surface area contributed by atoms with Gasteiger partial charge in [0.05, 0.1) is 7.11 Å². The van der Waals surface area contributed by atoms with Gasteiger partial charge in [0.15, 0.2) is 0 Å². The van der Waals surface area contributed by atoms with Crippen molar-refractivity contribution in [3.05, 3.63) is 53.3 Å². The Morgan fingerprint density at radius 3 is 2.78 bits per heavy atom. The van der Waals surface area contributed by atoms with Crippen molar-refractivity contribution in [1.82, 2.24) is 14.6 Å². The average molecular weight is 390 g/mol. The van der Waals surface area contributed by atoms with Crippen molar-refractivity contribution in [3.63, 3.8) is 0 Å². The third kappa shape index (κ3) is 4.15. The summed E-state index contributed by atoms with van der Waals surface area (Å²) in [6.45, 7) is 5.05. The Morgan fingerprint density at radius 2 is 2.11 bits per heavy atom. The van der Waals surface area contributed by atoms with E-state index in [0.29, 0.717) is 12.3 Å². The fourth-order valence-corrected chi connectivity index (χ4v) is 5.41. The number of benzene rings is 1. The molecule has 1 aromatic heterocycles. The van der Waals surface area contributed by atoms with E-state index in [-0.39, 0.29) is 16.9 Å². The highest BCUT2D eigenvalue weighted by Crippen LogP contribution is 2.36. The number of pyridine rings is 1. The molecule has 1 saturated heterocycles. The molecule has 1 aliphatic rings. The summed E-state index contributed by atoms with van der Waals surface area (Å²) >= 11 is 0. The lowest BCUT2D eigenvalue weighted by Crippen LogP contribution is -2.32. The molecule has 0 spiro atoms. The Labute approximate surface area is 161 Å². The number of aromatic nitrogens is 1. The molecule has 1 aromatic carbocycles. The van der Waals surface area contributed by atoms with Gasteiger partial charge in [-0.3, -0.25) is 9.88 Å². The molecule has 146 valence electrons. The second-order valence-corrected chi connectivity index (χ2v) is 8.96. The van der Waals surface area contributed by atoms with Gasteiger partial charge in [0.2, 0.25) is 10.0 Å². The van der Waals surface area contributed by atoms with Crippen molar-refractivity contribution in [1.29, 1.82) is 0 Å². The largest absolute Gasteiger partial charge is 0.495 e. The van der Waals surface area contributed by atoms with Gasteiger partial charge in [-0.05, 0) is 68.6 Å². The zero-order chi connectivity index (χ0) is 19.6. The number of nitrogens with one attached hydrogen (secondary N) is 1. The lowest BCUT2D eigenvalue weighted by atomic mass is 9.95. The fraction of sp³-hybridized carbons (Fsp3) is 0.450. The van der Waals surface area contributed by atoms with Gasteiger partial charge in [0.25, 0.3) is 0 Å². The number of ether oxygens (including phenoxy) is 1. The summed E-state index contributed by atoms with van der Waals surface area (Å²) in [4.78, 5) is 6.67. The molecule has 2 heterocycles. The van der Waals surface area contributed by atoms with Gasteiger partial charge in [0.1, 0.15) is 10.6 Å². The summed E-state index contributed by atoms with van der Waals surface area (Å²) < 4.78 is 34.1. The lowest BCUT2D eigenvalue weighted by molar-refractivity contribution is 0.276. The van der Waals surface area contributed by atoms with Crippen LogP contribution in [-0.2, 0) is 10.0 Å². The van der Waals surface area contributed by atoms with Crippen LogP contribution in [0.3, 0.4) is 0 Å². The topological polar surface area (TPSA) is 71.5 Å². The molecule has 0 aliphatic carbocycles. The molecule has 7 heteroatoms. The van der Waals surface area contributed by atoms with Crippen molar-refractivity contribution in [2.75, 3.05) is 27.2 Å². The minimum absolute atomic E-state index is 0.155. The van der Waals surface area contributed by atoms with E-state index >= 15 is 0 Å². The molecule has 0 radical (unpaired) electrons. The second-order valence-electron chi connectivity index (χ2n) is 7.23. The number of methoxy groups -OCH3 is 1. The summed E-state index contributed by atoms with van der Waals surface area (Å²) in [5.41, 5.74) is 2.82. The first-order valence-electron chi connectivity index (χ1n) is 9.08. The van der Waals surface area contributed by atoms with Crippen LogP contribution in [0.2, 0.25) is 0 Å². The number of sulfonamides is 1. The molecule has 0 amide bonds. The first-order valence-corrected chi connectivity index (χ1v) is 10.6. The zero-order valence-electron chi connectivity index (χ0n) is 16.3. The Morgan fingerprint density at radius 1 is 1.33 bits per heavy atom. The van der Waals surface area contributed by atoms with Crippen LogP contribution < -0.4 is 9.46 Å². The Kier molecular flexibility index (Phi) is 5.83. The lowest BCUT2D eigenvalue weighted by Gasteiger charge is -2.25. The number of aryl methyl sites for hydroxylation is 2. The van der Waals surface area contributed by atoms with E-state index in [0.717, 1.165) is 29.7 Å². The maximum Gasteiger partial charge on any atom is 0.244 e. The maximum absolute atomic E-state index is 13.0. The predicted molar refractivity (Wildman–Crippen MR) is 105 cm³/mol. The van der Waals surface area contributed by atoms with Crippen LogP contribution in [0.5, 0.6) is 5.75 Å². The van der Waals surface area contributed by atoms with Gasteiger partial charge < -0.3 is 4.74 Å². The highest BCUT2D eigenvalue weighted by atomic mass is 32.2. The van der Waals surface area contributed by atoms with Crippen LogP contribution in [0.25, 0.3) is 0 Å². The van der Waals surface area contributed by atoms with Crippen LogP contribution in [0, 0.1) is 19.8 Å². The van der Waals surface area contributed by atoms with Crippen molar-refractivity contribution in [2.24, 2.45) is 5.92 Å². The molecule has 1 N–H and O–H groups in total. The Hall–Kier alpha value is -1.96. The predicted octanol–water partition coefficient (Wildman–Crippen LogP) is 2.68. The molecule has 0 bridgehead atoms. The van der Waals surface area contributed by atoms with E-state index in [9.17, 15) is 8.42 Å². The number of hydrogen-bond donors (Lipinski definition) is 1. The van der Waals surface area contributed by atoms with E-state index in [1.54, 1.807) is 12.3 Å². The number of likely N-dealkylation sites (tertiary alicyclic amines) is 1. The molecule has 1 fully saturated rings. The summed E-state index contributed by atoms with van der Waals surface area (Å²) in [6.07, 6.45) is 4.55. The van der Waals surface area contributed by atoms with Crippen molar-refractivity contribution >= 4 is 10.0 Å². The van der Waals surface area contributed by atoms with Crippen LogP contribution >= 0.6 is 0 Å². The third-order valence-electron chi connectivity index (χ3n) is 5.21.